The van der Waals surface area contributed by atoms with Crippen LogP contribution in [0.3, 0.4) is 0 Å². The molecule has 0 saturated carbocycles. The summed E-state index contributed by atoms with van der Waals surface area (Å²) in [7, 11) is 1.58. The van der Waals surface area contributed by atoms with Crippen molar-refractivity contribution in [2.75, 3.05) is 30.9 Å². The maximum absolute atomic E-state index is 11.9. The maximum Gasteiger partial charge on any atom is 0.342 e. The Hall–Kier alpha value is -2.24. The van der Waals surface area contributed by atoms with Crippen LogP contribution in [0.4, 0.5) is 11.4 Å². The zero-order chi connectivity index (χ0) is 13.3. The van der Waals surface area contributed by atoms with E-state index in [1.54, 1.807) is 26.1 Å². The topological polar surface area (TPSA) is 81.9 Å². The number of ether oxygens (including phenoxy) is 2. The summed E-state index contributed by atoms with van der Waals surface area (Å²) in [4.78, 5) is 24.9. The van der Waals surface area contributed by atoms with E-state index >= 15 is 0 Å². The molecule has 0 bridgehead atoms. The zero-order valence-corrected chi connectivity index (χ0v) is 10.2. The fraction of sp³-hybridized carbons (Fsp3) is 0.333. The van der Waals surface area contributed by atoms with Crippen LogP contribution in [0.25, 0.3) is 0 Å². The number of nitrogens with two attached hydrogens (primary N) is 1. The predicted molar refractivity (Wildman–Crippen MR) is 65.7 cm³/mol. The molecule has 6 heteroatoms. The number of amides is 1. The Labute approximate surface area is 104 Å². The van der Waals surface area contributed by atoms with E-state index in [0.29, 0.717) is 11.4 Å². The monoisotopic (exact) mass is 250 g/mol. The van der Waals surface area contributed by atoms with Gasteiger partial charge in [-0.05, 0) is 19.1 Å². The van der Waals surface area contributed by atoms with Crippen LogP contribution in [-0.4, -0.2) is 32.1 Å². The fourth-order valence-corrected chi connectivity index (χ4v) is 1.82. The molecule has 1 aliphatic rings. The van der Waals surface area contributed by atoms with E-state index in [-0.39, 0.29) is 30.4 Å². The molecule has 0 atom stereocenters. The summed E-state index contributed by atoms with van der Waals surface area (Å²) in [5.74, 6) is -0.343. The number of carbonyl (C=O) groups is 2. The second-order valence-electron chi connectivity index (χ2n) is 3.84. The third-order valence-corrected chi connectivity index (χ3v) is 2.71. The van der Waals surface area contributed by atoms with Gasteiger partial charge < -0.3 is 20.1 Å². The zero-order valence-electron chi connectivity index (χ0n) is 10.2. The molecular weight excluding hydrogens is 236 g/mol. The predicted octanol–water partition coefficient (Wildman–Crippen LogP) is 0.801. The van der Waals surface area contributed by atoms with Gasteiger partial charge in [0.15, 0.2) is 6.61 Å². The van der Waals surface area contributed by atoms with Gasteiger partial charge in [-0.2, -0.15) is 0 Å². The third-order valence-electron chi connectivity index (χ3n) is 2.71. The molecular formula is C12H14N2O4. The van der Waals surface area contributed by atoms with Crippen LogP contribution in [-0.2, 0) is 9.53 Å². The van der Waals surface area contributed by atoms with Crippen molar-refractivity contribution < 1.29 is 19.1 Å². The average Bonchev–Trinajstić information content (AvgIpc) is 2.34. The molecule has 0 fully saturated rings. The second-order valence-corrected chi connectivity index (χ2v) is 3.84. The largest absolute Gasteiger partial charge is 0.482 e. The van der Waals surface area contributed by atoms with E-state index in [0.717, 1.165) is 0 Å². The first-order valence-electron chi connectivity index (χ1n) is 5.55. The van der Waals surface area contributed by atoms with Gasteiger partial charge in [0, 0.05) is 12.7 Å². The molecule has 2 N–H and O–H groups in total. The van der Waals surface area contributed by atoms with E-state index in [9.17, 15) is 9.59 Å². The van der Waals surface area contributed by atoms with Gasteiger partial charge >= 0.3 is 5.97 Å². The first-order chi connectivity index (χ1) is 8.56. The Morgan fingerprint density at radius 3 is 2.94 bits per heavy atom. The number of hydrogen-bond acceptors (Lipinski definition) is 5. The van der Waals surface area contributed by atoms with Crippen LogP contribution in [0, 0.1) is 0 Å². The van der Waals surface area contributed by atoms with Crippen LogP contribution >= 0.6 is 0 Å². The van der Waals surface area contributed by atoms with E-state index in [1.165, 1.54) is 4.90 Å². The summed E-state index contributed by atoms with van der Waals surface area (Å²) in [6, 6.07) is 3.20. The van der Waals surface area contributed by atoms with Crippen LogP contribution in [0.1, 0.15) is 17.3 Å². The van der Waals surface area contributed by atoms with Gasteiger partial charge in [-0.3, -0.25) is 4.79 Å². The SMILES string of the molecule is CCOC(=O)c1c(N)ccc2c1N(C)C(=O)CO2. The highest BCUT2D eigenvalue weighted by Gasteiger charge is 2.29. The van der Waals surface area contributed by atoms with E-state index in [4.69, 9.17) is 15.2 Å². The number of nitrogens with zero attached hydrogens (tertiary/aromatic N) is 1. The van der Waals surface area contributed by atoms with Crippen molar-refractivity contribution in [3.63, 3.8) is 0 Å². The smallest absolute Gasteiger partial charge is 0.342 e. The van der Waals surface area contributed by atoms with Gasteiger partial charge in [-0.15, -0.1) is 0 Å². The number of carbonyl (C=O) groups excluding carboxylic acids is 2. The lowest BCUT2D eigenvalue weighted by Crippen LogP contribution is -2.37. The van der Waals surface area contributed by atoms with E-state index in [1.807, 2.05) is 0 Å². The van der Waals surface area contributed by atoms with Crippen LogP contribution < -0.4 is 15.4 Å². The van der Waals surface area contributed by atoms with Crippen LogP contribution in [0.2, 0.25) is 0 Å². The lowest BCUT2D eigenvalue weighted by Gasteiger charge is -2.28. The Bertz CT molecular complexity index is 513. The van der Waals surface area contributed by atoms with Crippen molar-refractivity contribution in [2.24, 2.45) is 0 Å². The molecule has 1 aromatic carbocycles. The van der Waals surface area contributed by atoms with Crippen LogP contribution in [0.5, 0.6) is 5.75 Å². The van der Waals surface area contributed by atoms with Crippen molar-refractivity contribution in [2.45, 2.75) is 6.92 Å². The Morgan fingerprint density at radius 1 is 1.56 bits per heavy atom. The van der Waals surface area contributed by atoms with Gasteiger partial charge in [-0.1, -0.05) is 0 Å². The minimum atomic E-state index is -0.558. The lowest BCUT2D eigenvalue weighted by molar-refractivity contribution is -0.120. The van der Waals surface area contributed by atoms with E-state index in [2.05, 4.69) is 0 Å². The standard InChI is InChI=1S/C12H14N2O4/c1-3-17-12(16)10-7(13)4-5-8-11(10)14(2)9(15)6-18-8/h4-5H,3,6,13H2,1-2H3. The molecule has 0 aliphatic carbocycles. The number of rotatable bonds is 2. The molecule has 2 rings (SSSR count). The molecule has 1 aliphatic heterocycles. The molecule has 0 spiro atoms. The molecule has 1 amide bonds. The first-order valence-corrected chi connectivity index (χ1v) is 5.55. The highest BCUT2D eigenvalue weighted by atomic mass is 16.5. The lowest BCUT2D eigenvalue weighted by atomic mass is 10.1. The molecule has 0 saturated heterocycles. The minimum absolute atomic E-state index is 0.0459. The Morgan fingerprint density at radius 2 is 2.28 bits per heavy atom. The summed E-state index contributed by atoms with van der Waals surface area (Å²) in [5.41, 5.74) is 6.59. The summed E-state index contributed by atoms with van der Waals surface area (Å²) in [5, 5.41) is 0. The summed E-state index contributed by atoms with van der Waals surface area (Å²) >= 11 is 0. The molecule has 96 valence electrons. The molecule has 1 aromatic rings. The van der Waals surface area contributed by atoms with Gasteiger partial charge in [0.25, 0.3) is 5.91 Å². The van der Waals surface area contributed by atoms with Crippen molar-refractivity contribution in [3.05, 3.63) is 17.7 Å². The van der Waals surface area contributed by atoms with Crippen molar-refractivity contribution in [1.82, 2.24) is 0 Å². The number of hydrogen-bond donors (Lipinski definition) is 1. The Balaban J connectivity index is 2.58. The fourth-order valence-electron chi connectivity index (χ4n) is 1.82. The van der Waals surface area contributed by atoms with Crippen LogP contribution in [0.15, 0.2) is 12.1 Å². The molecule has 0 aromatic heterocycles. The number of anilines is 2. The third kappa shape index (κ3) is 1.85. The highest BCUT2D eigenvalue weighted by Crippen LogP contribution is 2.38. The number of likely N-dealkylation sites (N-methyl/N-ethyl adjacent to an activating group) is 1. The molecule has 1 heterocycles. The van der Waals surface area contributed by atoms with Crippen molar-refractivity contribution >= 4 is 23.3 Å². The van der Waals surface area contributed by atoms with Crippen molar-refractivity contribution in [3.8, 4) is 5.75 Å². The van der Waals surface area contributed by atoms with E-state index < -0.39 is 5.97 Å². The highest BCUT2D eigenvalue weighted by molar-refractivity contribution is 6.09. The summed E-state index contributed by atoms with van der Waals surface area (Å²) in [6.45, 7) is 1.89. The van der Waals surface area contributed by atoms with Gasteiger partial charge in [0.2, 0.25) is 0 Å². The normalized spacial score (nSPS) is 13.9. The molecule has 6 nitrogen and oxygen atoms in total. The Kier molecular flexibility index (Phi) is 3.10. The number of fused-ring (bicyclic) bond motifs is 1. The average molecular weight is 250 g/mol. The summed E-state index contributed by atoms with van der Waals surface area (Å²) < 4.78 is 10.2. The van der Waals surface area contributed by atoms with Gasteiger partial charge in [0.1, 0.15) is 17.0 Å². The number of nitrogen functional groups attached to an aromatic ring is 1. The first kappa shape index (κ1) is 12.2. The molecule has 0 unspecified atom stereocenters. The quantitative estimate of drug-likeness (QED) is 0.620. The number of esters is 1. The minimum Gasteiger partial charge on any atom is -0.482 e. The van der Waals surface area contributed by atoms with Crippen molar-refractivity contribution in [1.29, 1.82) is 0 Å². The summed E-state index contributed by atoms with van der Waals surface area (Å²) in [6.07, 6.45) is 0. The van der Waals surface area contributed by atoms with Gasteiger partial charge in [0.05, 0.1) is 6.61 Å². The van der Waals surface area contributed by atoms with Gasteiger partial charge in [-0.25, -0.2) is 4.79 Å². The molecule has 0 radical (unpaired) electrons. The number of benzene rings is 1. The molecule has 18 heavy (non-hydrogen) atoms. The second kappa shape index (κ2) is 4.56. The maximum atomic E-state index is 11.9.